The van der Waals surface area contributed by atoms with Crippen molar-refractivity contribution in [3.05, 3.63) is 58.5 Å². The van der Waals surface area contributed by atoms with Crippen molar-refractivity contribution in [1.82, 2.24) is 4.90 Å². The molecule has 94 valence electrons. The van der Waals surface area contributed by atoms with Crippen LogP contribution >= 0.6 is 15.9 Å². The summed E-state index contributed by atoms with van der Waals surface area (Å²) in [5.74, 6) is 1.71. The highest BCUT2D eigenvalue weighted by molar-refractivity contribution is 9.10. The first kappa shape index (κ1) is 12.0. The third kappa shape index (κ3) is 2.68. The van der Waals surface area contributed by atoms with Gasteiger partial charge in [0.15, 0.2) is 0 Å². The van der Waals surface area contributed by atoms with Crippen LogP contribution < -0.4 is 0 Å². The number of rotatable bonds is 3. The van der Waals surface area contributed by atoms with Crippen LogP contribution in [0.3, 0.4) is 0 Å². The summed E-state index contributed by atoms with van der Waals surface area (Å²) < 4.78 is 6.58. The summed E-state index contributed by atoms with van der Waals surface area (Å²) in [6.07, 6.45) is 2.98. The Balaban J connectivity index is 1.65. The zero-order valence-corrected chi connectivity index (χ0v) is 11.8. The number of nitrogens with zero attached hydrogens (tertiary/aromatic N) is 1. The van der Waals surface area contributed by atoms with E-state index < -0.39 is 0 Å². The Kier molecular flexibility index (Phi) is 3.52. The summed E-state index contributed by atoms with van der Waals surface area (Å²) >= 11 is 3.54. The Bertz CT molecular complexity index is 509. The van der Waals surface area contributed by atoms with Gasteiger partial charge in [0.2, 0.25) is 0 Å². The average molecular weight is 306 g/mol. The van der Waals surface area contributed by atoms with Gasteiger partial charge < -0.3 is 4.42 Å². The molecular formula is C15H16BrNO. The number of hydrogen-bond acceptors (Lipinski definition) is 2. The first-order chi connectivity index (χ1) is 8.81. The Labute approximate surface area is 116 Å². The number of likely N-dealkylation sites (tertiary alicyclic amines) is 1. The fourth-order valence-electron chi connectivity index (χ4n) is 2.63. The highest BCUT2D eigenvalue weighted by Crippen LogP contribution is 2.29. The lowest BCUT2D eigenvalue weighted by Gasteiger charge is -2.14. The number of hydrogen-bond donors (Lipinski definition) is 0. The third-order valence-electron chi connectivity index (χ3n) is 3.55. The topological polar surface area (TPSA) is 16.4 Å². The van der Waals surface area contributed by atoms with Crippen molar-refractivity contribution in [3.63, 3.8) is 0 Å². The molecule has 0 saturated carbocycles. The van der Waals surface area contributed by atoms with Gasteiger partial charge in [-0.2, -0.15) is 0 Å². The molecule has 3 rings (SSSR count). The standard InChI is InChI=1S/C15H16BrNO/c16-14-4-1-3-12(9-14)13-6-7-17(10-13)11-15-5-2-8-18-15/h1-5,8-9,13H,6-7,10-11H2. The van der Waals surface area contributed by atoms with Crippen molar-refractivity contribution < 1.29 is 4.42 Å². The maximum Gasteiger partial charge on any atom is 0.117 e. The minimum absolute atomic E-state index is 0.650. The molecule has 2 nitrogen and oxygen atoms in total. The molecule has 1 saturated heterocycles. The summed E-state index contributed by atoms with van der Waals surface area (Å²) in [5, 5.41) is 0. The van der Waals surface area contributed by atoms with Crippen LogP contribution in [-0.4, -0.2) is 18.0 Å². The molecule has 0 aliphatic carbocycles. The lowest BCUT2D eigenvalue weighted by molar-refractivity contribution is 0.294. The van der Waals surface area contributed by atoms with E-state index in [1.807, 2.05) is 12.1 Å². The van der Waals surface area contributed by atoms with Gasteiger partial charge in [-0.15, -0.1) is 0 Å². The van der Waals surface area contributed by atoms with Crippen molar-refractivity contribution in [3.8, 4) is 0 Å². The van der Waals surface area contributed by atoms with Crippen LogP contribution in [0.5, 0.6) is 0 Å². The Morgan fingerprint density at radius 1 is 1.28 bits per heavy atom. The molecule has 1 aliphatic heterocycles. The van der Waals surface area contributed by atoms with Crippen LogP contribution in [-0.2, 0) is 6.54 Å². The van der Waals surface area contributed by atoms with Crippen molar-refractivity contribution in [2.75, 3.05) is 13.1 Å². The first-order valence-electron chi connectivity index (χ1n) is 6.31. The lowest BCUT2D eigenvalue weighted by Crippen LogP contribution is -2.19. The van der Waals surface area contributed by atoms with Gasteiger partial charge >= 0.3 is 0 Å². The average Bonchev–Trinajstić information content (AvgIpc) is 3.01. The zero-order chi connectivity index (χ0) is 12.4. The molecule has 0 N–H and O–H groups in total. The van der Waals surface area contributed by atoms with Crippen LogP contribution in [0.4, 0.5) is 0 Å². The molecule has 0 bridgehead atoms. The lowest BCUT2D eigenvalue weighted by atomic mass is 9.99. The predicted octanol–water partition coefficient (Wildman–Crippen LogP) is 4.03. The van der Waals surface area contributed by atoms with Gasteiger partial charge in [-0.1, -0.05) is 28.1 Å². The minimum Gasteiger partial charge on any atom is -0.468 e. The van der Waals surface area contributed by atoms with E-state index in [1.54, 1.807) is 6.26 Å². The quantitative estimate of drug-likeness (QED) is 0.851. The first-order valence-corrected chi connectivity index (χ1v) is 7.11. The Morgan fingerprint density at radius 2 is 2.22 bits per heavy atom. The summed E-state index contributed by atoms with van der Waals surface area (Å²) in [6.45, 7) is 3.20. The molecule has 1 fully saturated rings. The molecule has 1 aliphatic rings. The van der Waals surface area contributed by atoms with Gasteiger partial charge in [0.05, 0.1) is 12.8 Å². The van der Waals surface area contributed by atoms with Crippen molar-refractivity contribution >= 4 is 15.9 Å². The summed E-state index contributed by atoms with van der Waals surface area (Å²) in [6, 6.07) is 12.7. The number of halogens is 1. The summed E-state index contributed by atoms with van der Waals surface area (Å²) in [5.41, 5.74) is 1.44. The Morgan fingerprint density at radius 3 is 3.00 bits per heavy atom. The summed E-state index contributed by atoms with van der Waals surface area (Å²) in [4.78, 5) is 2.46. The molecule has 2 aromatic rings. The van der Waals surface area contributed by atoms with E-state index >= 15 is 0 Å². The van der Waals surface area contributed by atoms with Crippen LogP contribution in [0.25, 0.3) is 0 Å². The second kappa shape index (κ2) is 5.29. The summed E-state index contributed by atoms with van der Waals surface area (Å²) in [7, 11) is 0. The molecule has 18 heavy (non-hydrogen) atoms. The monoisotopic (exact) mass is 305 g/mol. The van der Waals surface area contributed by atoms with Gasteiger partial charge in [0.25, 0.3) is 0 Å². The van der Waals surface area contributed by atoms with E-state index in [-0.39, 0.29) is 0 Å². The highest BCUT2D eigenvalue weighted by atomic mass is 79.9. The predicted molar refractivity (Wildman–Crippen MR) is 75.5 cm³/mol. The van der Waals surface area contributed by atoms with Crippen molar-refractivity contribution in [2.45, 2.75) is 18.9 Å². The molecule has 1 aromatic carbocycles. The molecule has 1 aromatic heterocycles. The molecule has 1 unspecified atom stereocenters. The van der Waals surface area contributed by atoms with Gasteiger partial charge in [0.1, 0.15) is 5.76 Å². The van der Waals surface area contributed by atoms with Crippen molar-refractivity contribution in [1.29, 1.82) is 0 Å². The maximum atomic E-state index is 5.41. The molecule has 0 spiro atoms. The molecule has 0 amide bonds. The molecule has 2 heterocycles. The normalized spacial score (nSPS) is 20.4. The molecule has 1 atom stereocenters. The second-order valence-electron chi connectivity index (χ2n) is 4.86. The fourth-order valence-corrected chi connectivity index (χ4v) is 3.05. The SMILES string of the molecule is Brc1cccc(C2CCN(Cc3ccco3)C2)c1. The van der Waals surface area contributed by atoms with Crippen LogP contribution in [0.2, 0.25) is 0 Å². The maximum absolute atomic E-state index is 5.41. The van der Waals surface area contributed by atoms with E-state index in [4.69, 9.17) is 4.42 Å². The van der Waals surface area contributed by atoms with Gasteiger partial charge in [-0.25, -0.2) is 0 Å². The second-order valence-corrected chi connectivity index (χ2v) is 5.77. The van der Waals surface area contributed by atoms with Gasteiger partial charge in [0, 0.05) is 11.0 Å². The van der Waals surface area contributed by atoms with E-state index in [9.17, 15) is 0 Å². The van der Waals surface area contributed by atoms with E-state index in [0.717, 1.165) is 25.4 Å². The highest BCUT2D eigenvalue weighted by Gasteiger charge is 2.24. The largest absolute Gasteiger partial charge is 0.468 e. The van der Waals surface area contributed by atoms with E-state index in [1.165, 1.54) is 16.5 Å². The van der Waals surface area contributed by atoms with Crippen molar-refractivity contribution in [2.24, 2.45) is 0 Å². The van der Waals surface area contributed by atoms with E-state index in [0.29, 0.717) is 5.92 Å². The van der Waals surface area contributed by atoms with Gasteiger partial charge in [-0.3, -0.25) is 4.90 Å². The van der Waals surface area contributed by atoms with Crippen LogP contribution in [0.15, 0.2) is 51.6 Å². The molecular weight excluding hydrogens is 290 g/mol. The zero-order valence-electron chi connectivity index (χ0n) is 10.2. The molecule has 3 heteroatoms. The van der Waals surface area contributed by atoms with Crippen LogP contribution in [0.1, 0.15) is 23.7 Å². The van der Waals surface area contributed by atoms with Gasteiger partial charge in [-0.05, 0) is 48.7 Å². The fraction of sp³-hybridized carbons (Fsp3) is 0.333. The smallest absolute Gasteiger partial charge is 0.117 e. The number of benzene rings is 1. The third-order valence-corrected chi connectivity index (χ3v) is 4.05. The molecule has 0 radical (unpaired) electrons. The van der Waals surface area contributed by atoms with Crippen LogP contribution in [0, 0.1) is 0 Å². The minimum atomic E-state index is 0.650. The number of furan rings is 1. The Hall–Kier alpha value is -1.06. The van der Waals surface area contributed by atoms with E-state index in [2.05, 4.69) is 45.1 Å².